The zero-order valence-electron chi connectivity index (χ0n) is 10.4. The summed E-state index contributed by atoms with van der Waals surface area (Å²) in [5, 5.41) is 5.34. The minimum atomic E-state index is 0.355. The summed E-state index contributed by atoms with van der Waals surface area (Å²) in [4.78, 5) is 0. The number of aryl methyl sites for hydroxylation is 2. The Kier molecular flexibility index (Phi) is 4.13. The summed E-state index contributed by atoms with van der Waals surface area (Å²) in [6.07, 6.45) is 0.720. The number of rotatable bonds is 3. The van der Waals surface area contributed by atoms with Crippen molar-refractivity contribution >= 4 is 40.5 Å². The number of anilines is 1. The van der Waals surface area contributed by atoms with Gasteiger partial charge in [-0.1, -0.05) is 41.7 Å². The van der Waals surface area contributed by atoms with E-state index in [1.54, 1.807) is 17.8 Å². The maximum Gasteiger partial charge on any atom is 0.241 e. The molecule has 1 aromatic heterocycles. The van der Waals surface area contributed by atoms with Crippen molar-refractivity contribution in [1.82, 2.24) is 9.78 Å². The van der Waals surface area contributed by atoms with Gasteiger partial charge in [-0.15, -0.1) is 0 Å². The molecule has 0 aliphatic carbocycles. The van der Waals surface area contributed by atoms with Crippen LogP contribution in [-0.4, -0.2) is 9.78 Å². The van der Waals surface area contributed by atoms with Crippen molar-refractivity contribution < 1.29 is 4.74 Å². The van der Waals surface area contributed by atoms with Gasteiger partial charge in [0.1, 0.15) is 11.4 Å². The lowest BCUT2D eigenvalue weighted by Crippen LogP contribution is -1.97. The molecule has 0 spiro atoms. The molecule has 0 fully saturated rings. The van der Waals surface area contributed by atoms with Crippen LogP contribution in [0.2, 0.25) is 15.1 Å². The Morgan fingerprint density at radius 3 is 2.42 bits per heavy atom. The predicted octanol–water partition coefficient (Wildman–Crippen LogP) is 4.32. The van der Waals surface area contributed by atoms with Gasteiger partial charge in [0, 0.05) is 13.1 Å². The van der Waals surface area contributed by atoms with E-state index < -0.39 is 0 Å². The average molecular weight is 321 g/mol. The second-order valence-corrected chi connectivity index (χ2v) is 5.16. The van der Waals surface area contributed by atoms with Crippen molar-refractivity contribution in [2.75, 3.05) is 5.73 Å². The number of halogens is 3. The van der Waals surface area contributed by atoms with Crippen LogP contribution in [0.5, 0.6) is 11.6 Å². The summed E-state index contributed by atoms with van der Waals surface area (Å²) in [6, 6.07) is 3.07. The molecule has 19 heavy (non-hydrogen) atoms. The van der Waals surface area contributed by atoms with Gasteiger partial charge in [-0.2, -0.15) is 5.10 Å². The number of hydrogen-bond acceptors (Lipinski definition) is 3. The maximum atomic E-state index is 6.06. The van der Waals surface area contributed by atoms with Gasteiger partial charge < -0.3 is 10.5 Å². The fourth-order valence-electron chi connectivity index (χ4n) is 1.65. The van der Waals surface area contributed by atoms with E-state index in [4.69, 9.17) is 45.3 Å². The Morgan fingerprint density at radius 2 is 1.84 bits per heavy atom. The lowest BCUT2D eigenvalue weighted by Gasteiger charge is -2.09. The summed E-state index contributed by atoms with van der Waals surface area (Å²) >= 11 is 17.9. The van der Waals surface area contributed by atoms with Gasteiger partial charge in [0.15, 0.2) is 0 Å². The summed E-state index contributed by atoms with van der Waals surface area (Å²) in [6.45, 7) is 1.97. The molecule has 0 saturated heterocycles. The molecule has 0 unspecified atom stereocenters. The molecule has 1 heterocycles. The first-order valence-corrected chi connectivity index (χ1v) is 6.71. The van der Waals surface area contributed by atoms with Crippen molar-refractivity contribution in [2.45, 2.75) is 13.3 Å². The standard InChI is InChI=1S/C12H12Cl3N3O/c1-3-9-11(16)12(18(2)17-9)19-10-5-7(14)6(13)4-8(10)15/h4-5H,3,16H2,1-2H3. The van der Waals surface area contributed by atoms with E-state index in [1.807, 2.05) is 6.92 Å². The lowest BCUT2D eigenvalue weighted by molar-refractivity contribution is 0.433. The van der Waals surface area contributed by atoms with E-state index >= 15 is 0 Å². The van der Waals surface area contributed by atoms with Gasteiger partial charge >= 0.3 is 0 Å². The molecule has 0 aliphatic rings. The van der Waals surface area contributed by atoms with E-state index in [1.165, 1.54) is 6.07 Å². The Hall–Kier alpha value is -1.10. The molecule has 2 N–H and O–H groups in total. The zero-order valence-corrected chi connectivity index (χ0v) is 12.6. The van der Waals surface area contributed by atoms with Crippen LogP contribution in [0, 0.1) is 0 Å². The normalized spacial score (nSPS) is 10.8. The van der Waals surface area contributed by atoms with Gasteiger partial charge in [-0.3, -0.25) is 0 Å². The van der Waals surface area contributed by atoms with Crippen molar-refractivity contribution in [3.63, 3.8) is 0 Å². The Labute approximate surface area is 126 Å². The first-order chi connectivity index (χ1) is 8.93. The van der Waals surface area contributed by atoms with Gasteiger partial charge in [-0.25, -0.2) is 4.68 Å². The Bertz CT molecular complexity index is 625. The second kappa shape index (κ2) is 5.49. The number of hydrogen-bond donors (Lipinski definition) is 1. The van der Waals surface area contributed by atoms with E-state index in [-0.39, 0.29) is 0 Å². The maximum absolute atomic E-state index is 6.06. The molecule has 4 nitrogen and oxygen atoms in total. The molecule has 0 radical (unpaired) electrons. The number of aromatic nitrogens is 2. The first-order valence-electron chi connectivity index (χ1n) is 5.57. The molecule has 0 aliphatic heterocycles. The smallest absolute Gasteiger partial charge is 0.241 e. The highest BCUT2D eigenvalue weighted by molar-refractivity contribution is 6.43. The number of benzene rings is 1. The highest BCUT2D eigenvalue weighted by Gasteiger charge is 2.16. The van der Waals surface area contributed by atoms with E-state index in [9.17, 15) is 0 Å². The van der Waals surface area contributed by atoms with Crippen LogP contribution in [0.25, 0.3) is 0 Å². The summed E-state index contributed by atoms with van der Waals surface area (Å²) < 4.78 is 7.25. The van der Waals surface area contributed by atoms with Crippen molar-refractivity contribution in [3.05, 3.63) is 32.9 Å². The molecule has 0 saturated carbocycles. The molecule has 102 valence electrons. The van der Waals surface area contributed by atoms with Gasteiger partial charge in [-0.05, 0) is 12.5 Å². The molecule has 7 heteroatoms. The summed E-state index contributed by atoms with van der Waals surface area (Å²) in [5.74, 6) is 0.811. The zero-order chi connectivity index (χ0) is 14.2. The predicted molar refractivity (Wildman–Crippen MR) is 78.5 cm³/mol. The van der Waals surface area contributed by atoms with E-state index in [2.05, 4.69) is 5.10 Å². The monoisotopic (exact) mass is 319 g/mol. The van der Waals surface area contributed by atoms with Crippen LogP contribution in [0.1, 0.15) is 12.6 Å². The Balaban J connectivity index is 2.42. The topological polar surface area (TPSA) is 53.1 Å². The van der Waals surface area contributed by atoms with Crippen LogP contribution in [0.15, 0.2) is 12.1 Å². The third-order valence-corrected chi connectivity index (χ3v) is 3.64. The molecular formula is C12H12Cl3N3O. The second-order valence-electron chi connectivity index (χ2n) is 3.94. The van der Waals surface area contributed by atoms with Gasteiger partial charge in [0.2, 0.25) is 5.88 Å². The van der Waals surface area contributed by atoms with E-state index in [0.717, 1.165) is 12.1 Å². The minimum absolute atomic E-state index is 0.355. The van der Waals surface area contributed by atoms with Gasteiger partial charge in [0.05, 0.1) is 20.8 Å². The molecule has 1 aromatic carbocycles. The van der Waals surface area contributed by atoms with Crippen molar-refractivity contribution in [2.24, 2.45) is 7.05 Å². The van der Waals surface area contributed by atoms with Crippen LogP contribution in [-0.2, 0) is 13.5 Å². The molecule has 0 bridgehead atoms. The Morgan fingerprint density at radius 1 is 1.21 bits per heavy atom. The fourth-order valence-corrected chi connectivity index (χ4v) is 2.22. The lowest BCUT2D eigenvalue weighted by atomic mass is 10.3. The van der Waals surface area contributed by atoms with Crippen LogP contribution in [0.4, 0.5) is 5.69 Å². The highest BCUT2D eigenvalue weighted by Crippen LogP contribution is 2.38. The largest absolute Gasteiger partial charge is 0.436 e. The molecule has 0 amide bonds. The fraction of sp³-hybridized carbons (Fsp3) is 0.250. The van der Waals surface area contributed by atoms with Crippen molar-refractivity contribution in [1.29, 1.82) is 0 Å². The molecular weight excluding hydrogens is 309 g/mol. The summed E-state index contributed by atoms with van der Waals surface area (Å²) in [5.41, 5.74) is 7.23. The van der Waals surface area contributed by atoms with Crippen LogP contribution >= 0.6 is 34.8 Å². The third kappa shape index (κ3) is 2.76. The highest BCUT2D eigenvalue weighted by atomic mass is 35.5. The van der Waals surface area contributed by atoms with E-state index in [0.29, 0.717) is 32.4 Å². The first kappa shape index (κ1) is 14.3. The SMILES string of the molecule is CCc1nn(C)c(Oc2cc(Cl)c(Cl)cc2Cl)c1N. The number of nitrogens with two attached hydrogens (primary N) is 1. The molecule has 2 aromatic rings. The number of ether oxygens (including phenoxy) is 1. The molecule has 0 atom stereocenters. The third-order valence-electron chi connectivity index (χ3n) is 2.62. The van der Waals surface area contributed by atoms with Crippen LogP contribution in [0.3, 0.4) is 0 Å². The van der Waals surface area contributed by atoms with Crippen molar-refractivity contribution in [3.8, 4) is 11.6 Å². The average Bonchev–Trinajstić information content (AvgIpc) is 2.63. The molecule has 2 rings (SSSR count). The quantitative estimate of drug-likeness (QED) is 0.857. The minimum Gasteiger partial charge on any atom is -0.436 e. The number of nitrogens with zero attached hydrogens (tertiary/aromatic N) is 2. The van der Waals surface area contributed by atoms with Gasteiger partial charge in [0.25, 0.3) is 0 Å². The van der Waals surface area contributed by atoms with Crippen LogP contribution < -0.4 is 10.5 Å². The number of nitrogen functional groups attached to an aromatic ring is 1. The summed E-state index contributed by atoms with van der Waals surface area (Å²) in [7, 11) is 1.75.